The first-order valence-corrected chi connectivity index (χ1v) is 6.24. The molecule has 1 heterocycles. The van der Waals surface area contributed by atoms with Gasteiger partial charge in [0.2, 0.25) is 11.7 Å². The molecule has 0 aromatic carbocycles. The molecule has 18 heavy (non-hydrogen) atoms. The van der Waals surface area contributed by atoms with Gasteiger partial charge in [0.05, 0.1) is 4.92 Å². The number of rotatable bonds is 3. The Morgan fingerprint density at radius 1 is 1.28 bits per heavy atom. The topological polar surface area (TPSA) is 91.3 Å². The van der Waals surface area contributed by atoms with Gasteiger partial charge in [-0.25, -0.2) is 0 Å². The van der Waals surface area contributed by atoms with Gasteiger partial charge in [-0.15, -0.1) is 0 Å². The van der Waals surface area contributed by atoms with Gasteiger partial charge in [0.25, 0.3) is 0 Å². The van der Waals surface area contributed by atoms with Gasteiger partial charge in [-0.1, -0.05) is 12.8 Å². The zero-order valence-electron chi connectivity index (χ0n) is 10.2. The first kappa shape index (κ1) is 12.6. The molecule has 1 fully saturated rings. The van der Waals surface area contributed by atoms with Crippen molar-refractivity contribution in [3.63, 3.8) is 0 Å². The van der Waals surface area contributed by atoms with E-state index >= 15 is 0 Å². The zero-order valence-corrected chi connectivity index (χ0v) is 10.2. The normalized spacial score (nSPS) is 17.1. The molecule has 0 spiro atoms. The molecule has 2 rings (SSSR count). The van der Waals surface area contributed by atoms with Crippen molar-refractivity contribution in [1.82, 2.24) is 4.98 Å². The predicted octanol–water partition coefficient (Wildman–Crippen LogP) is 2.67. The molecule has 1 aliphatic rings. The molecule has 1 aliphatic carbocycles. The van der Waals surface area contributed by atoms with Crippen LogP contribution in [0.25, 0.3) is 0 Å². The van der Waals surface area contributed by atoms with Crippen molar-refractivity contribution in [2.45, 2.75) is 44.6 Å². The number of nitro groups is 1. The van der Waals surface area contributed by atoms with Gasteiger partial charge >= 0.3 is 5.69 Å². The van der Waals surface area contributed by atoms with Crippen LogP contribution in [0.2, 0.25) is 0 Å². The molecule has 0 atom stereocenters. The van der Waals surface area contributed by atoms with Gasteiger partial charge in [-0.3, -0.25) is 10.1 Å². The summed E-state index contributed by atoms with van der Waals surface area (Å²) in [5.74, 6) is 0.288. The van der Waals surface area contributed by atoms with Crippen molar-refractivity contribution in [1.29, 1.82) is 0 Å². The van der Waals surface area contributed by atoms with Crippen molar-refractivity contribution in [3.8, 4) is 5.88 Å². The number of anilines is 1. The standard InChI is InChI=1S/C12H17N3O3/c13-12-10(15(16)17)7-8-11(14-12)18-9-5-3-1-2-4-6-9/h7-9H,1-6H2,(H2,13,14). The van der Waals surface area contributed by atoms with Gasteiger partial charge in [0.15, 0.2) is 0 Å². The van der Waals surface area contributed by atoms with Gasteiger partial charge in [0.1, 0.15) is 6.10 Å². The van der Waals surface area contributed by atoms with Crippen LogP contribution in [0.1, 0.15) is 38.5 Å². The van der Waals surface area contributed by atoms with Crippen molar-refractivity contribution in [2.24, 2.45) is 0 Å². The molecule has 1 aromatic rings. The number of nitrogen functional groups attached to an aromatic ring is 1. The summed E-state index contributed by atoms with van der Waals surface area (Å²) in [6.45, 7) is 0. The highest BCUT2D eigenvalue weighted by Crippen LogP contribution is 2.25. The molecule has 6 heteroatoms. The summed E-state index contributed by atoms with van der Waals surface area (Å²) in [7, 11) is 0. The minimum absolute atomic E-state index is 0.0916. The predicted molar refractivity (Wildman–Crippen MR) is 67.4 cm³/mol. The highest BCUT2D eigenvalue weighted by Gasteiger charge is 2.17. The minimum atomic E-state index is -0.544. The van der Waals surface area contributed by atoms with E-state index in [1.54, 1.807) is 0 Å². The number of nitrogens with zero attached hydrogens (tertiary/aromatic N) is 2. The molecule has 0 amide bonds. The summed E-state index contributed by atoms with van der Waals surface area (Å²) >= 11 is 0. The highest BCUT2D eigenvalue weighted by molar-refractivity contribution is 5.53. The Kier molecular flexibility index (Phi) is 3.96. The molecule has 0 bridgehead atoms. The lowest BCUT2D eigenvalue weighted by Gasteiger charge is -2.16. The number of pyridine rings is 1. The molecule has 2 N–H and O–H groups in total. The second-order valence-corrected chi connectivity index (χ2v) is 4.54. The minimum Gasteiger partial charge on any atom is -0.474 e. The van der Waals surface area contributed by atoms with Gasteiger partial charge in [0, 0.05) is 12.1 Å². The van der Waals surface area contributed by atoms with E-state index in [2.05, 4.69) is 4.98 Å². The summed E-state index contributed by atoms with van der Waals surface area (Å²) in [5, 5.41) is 10.6. The molecule has 0 radical (unpaired) electrons. The van der Waals surface area contributed by atoms with Crippen LogP contribution in [0.15, 0.2) is 12.1 Å². The van der Waals surface area contributed by atoms with E-state index in [1.807, 2.05) is 0 Å². The van der Waals surface area contributed by atoms with Crippen molar-refractivity contribution in [3.05, 3.63) is 22.2 Å². The third-order valence-corrected chi connectivity index (χ3v) is 3.16. The molecule has 0 unspecified atom stereocenters. The zero-order chi connectivity index (χ0) is 13.0. The van der Waals surface area contributed by atoms with Crippen LogP contribution < -0.4 is 10.5 Å². The van der Waals surface area contributed by atoms with Crippen LogP contribution in [0.3, 0.4) is 0 Å². The average Bonchev–Trinajstić information content (AvgIpc) is 2.57. The fourth-order valence-electron chi connectivity index (χ4n) is 2.20. The number of aromatic nitrogens is 1. The summed E-state index contributed by atoms with van der Waals surface area (Å²) in [6, 6.07) is 2.85. The maximum atomic E-state index is 10.6. The van der Waals surface area contributed by atoms with Crippen LogP contribution in [0, 0.1) is 10.1 Å². The summed E-state index contributed by atoms with van der Waals surface area (Å²) in [6.07, 6.45) is 6.99. The first-order chi connectivity index (χ1) is 8.66. The summed E-state index contributed by atoms with van der Waals surface area (Å²) < 4.78 is 5.74. The average molecular weight is 251 g/mol. The third-order valence-electron chi connectivity index (χ3n) is 3.16. The van der Waals surface area contributed by atoms with E-state index < -0.39 is 4.92 Å². The smallest absolute Gasteiger partial charge is 0.311 e. The van der Waals surface area contributed by atoms with Crippen LogP contribution >= 0.6 is 0 Å². The second kappa shape index (κ2) is 5.66. The monoisotopic (exact) mass is 251 g/mol. The number of hydrogen-bond donors (Lipinski definition) is 1. The van der Waals surface area contributed by atoms with Crippen molar-refractivity contribution in [2.75, 3.05) is 5.73 Å². The van der Waals surface area contributed by atoms with Gasteiger partial charge < -0.3 is 10.5 Å². The lowest BCUT2D eigenvalue weighted by atomic mass is 10.1. The largest absolute Gasteiger partial charge is 0.474 e. The number of ether oxygens (including phenoxy) is 1. The Hall–Kier alpha value is -1.85. The molecular formula is C12H17N3O3. The fourth-order valence-corrected chi connectivity index (χ4v) is 2.20. The van der Waals surface area contributed by atoms with E-state index in [9.17, 15) is 10.1 Å². The summed E-state index contributed by atoms with van der Waals surface area (Å²) in [5.41, 5.74) is 5.35. The fraction of sp³-hybridized carbons (Fsp3) is 0.583. The lowest BCUT2D eigenvalue weighted by Crippen LogP contribution is -2.16. The summed E-state index contributed by atoms with van der Waals surface area (Å²) in [4.78, 5) is 14.0. The molecule has 1 saturated carbocycles. The molecule has 1 aromatic heterocycles. The van der Waals surface area contributed by atoms with E-state index in [0.717, 1.165) is 25.7 Å². The van der Waals surface area contributed by atoms with Gasteiger partial charge in [-0.05, 0) is 25.7 Å². The SMILES string of the molecule is Nc1nc(OC2CCCCCC2)ccc1[N+](=O)[O-]. The van der Waals surface area contributed by atoms with E-state index in [0.29, 0.717) is 5.88 Å². The van der Waals surface area contributed by atoms with Crippen LogP contribution in [-0.2, 0) is 0 Å². The highest BCUT2D eigenvalue weighted by atomic mass is 16.6. The first-order valence-electron chi connectivity index (χ1n) is 6.24. The molecular weight excluding hydrogens is 234 g/mol. The van der Waals surface area contributed by atoms with E-state index in [4.69, 9.17) is 10.5 Å². The maximum absolute atomic E-state index is 10.6. The third kappa shape index (κ3) is 3.09. The van der Waals surface area contributed by atoms with E-state index in [1.165, 1.54) is 25.0 Å². The Bertz CT molecular complexity index is 429. The Labute approximate surface area is 105 Å². The van der Waals surface area contributed by atoms with Crippen LogP contribution in [0.4, 0.5) is 11.5 Å². The second-order valence-electron chi connectivity index (χ2n) is 4.54. The van der Waals surface area contributed by atoms with Gasteiger partial charge in [-0.2, -0.15) is 4.98 Å². The quantitative estimate of drug-likeness (QED) is 0.506. The Morgan fingerprint density at radius 2 is 1.94 bits per heavy atom. The number of hydrogen-bond acceptors (Lipinski definition) is 5. The molecule has 6 nitrogen and oxygen atoms in total. The van der Waals surface area contributed by atoms with E-state index in [-0.39, 0.29) is 17.6 Å². The Morgan fingerprint density at radius 3 is 2.50 bits per heavy atom. The Balaban J connectivity index is 2.05. The molecule has 98 valence electrons. The molecule has 0 aliphatic heterocycles. The molecule has 0 saturated heterocycles. The van der Waals surface area contributed by atoms with Crippen LogP contribution in [-0.4, -0.2) is 16.0 Å². The number of nitrogens with two attached hydrogens (primary N) is 1. The van der Waals surface area contributed by atoms with Crippen molar-refractivity contribution >= 4 is 11.5 Å². The lowest BCUT2D eigenvalue weighted by molar-refractivity contribution is -0.384. The maximum Gasteiger partial charge on any atom is 0.311 e. The van der Waals surface area contributed by atoms with Crippen LogP contribution in [0.5, 0.6) is 5.88 Å². The van der Waals surface area contributed by atoms with Crippen molar-refractivity contribution < 1.29 is 9.66 Å².